The van der Waals surface area contributed by atoms with Crippen LogP contribution in [0.3, 0.4) is 0 Å². The number of nitro groups is 1. The van der Waals surface area contributed by atoms with Crippen LogP contribution in [-0.2, 0) is 15.8 Å². The van der Waals surface area contributed by atoms with Crippen molar-refractivity contribution in [1.29, 1.82) is 0 Å². The van der Waals surface area contributed by atoms with E-state index in [9.17, 15) is 42.1 Å². The van der Waals surface area contributed by atoms with E-state index in [2.05, 4.69) is 10.6 Å². The Kier molecular flexibility index (Phi) is 7.29. The van der Waals surface area contributed by atoms with Crippen molar-refractivity contribution >= 4 is 35.3 Å². The molecule has 200 valence electrons. The second-order valence-corrected chi connectivity index (χ2v) is 8.02. The van der Waals surface area contributed by atoms with Crippen molar-refractivity contribution < 1.29 is 41.6 Å². The lowest BCUT2D eigenvalue weighted by Gasteiger charge is -2.12. The molecule has 0 aliphatic carbocycles. The third-order valence-electron chi connectivity index (χ3n) is 5.31. The molecular formula is C25H16F4N4O6. The lowest BCUT2D eigenvalue weighted by Crippen LogP contribution is -2.38. The van der Waals surface area contributed by atoms with Crippen molar-refractivity contribution in [1.82, 2.24) is 10.2 Å². The van der Waals surface area contributed by atoms with Crippen molar-refractivity contribution in [3.05, 3.63) is 99.5 Å². The average Bonchev–Trinajstić information content (AvgIpc) is 3.13. The summed E-state index contributed by atoms with van der Waals surface area (Å²) in [7, 11) is 0. The van der Waals surface area contributed by atoms with Crippen molar-refractivity contribution in [2.75, 3.05) is 11.9 Å². The van der Waals surface area contributed by atoms with Crippen LogP contribution in [0.25, 0.3) is 6.08 Å². The van der Waals surface area contributed by atoms with Crippen LogP contribution in [0.5, 0.6) is 11.5 Å². The highest BCUT2D eigenvalue weighted by Gasteiger charge is 2.35. The van der Waals surface area contributed by atoms with Crippen LogP contribution in [-0.4, -0.2) is 34.2 Å². The van der Waals surface area contributed by atoms with E-state index in [4.69, 9.17) is 4.74 Å². The number of nitrogens with one attached hydrogen (secondary N) is 2. The van der Waals surface area contributed by atoms with Crippen LogP contribution in [0.2, 0.25) is 0 Å². The number of ether oxygens (including phenoxy) is 1. The topological polar surface area (TPSA) is 131 Å². The molecule has 14 heteroatoms. The maximum Gasteiger partial charge on any atom is 0.416 e. The molecule has 0 spiro atoms. The van der Waals surface area contributed by atoms with Gasteiger partial charge in [0.2, 0.25) is 11.7 Å². The fourth-order valence-corrected chi connectivity index (χ4v) is 3.46. The number of hydrogen-bond donors (Lipinski definition) is 2. The standard InChI is InChI=1S/C25H16F4N4O6/c26-17-3-1-2-4-18(17)30-22(34)13-32-23(35)19(31-24(32)36)11-14-5-8-16(9-6-14)39-21-10-7-15(25(27,28)29)12-20(21)33(37)38/h1-12H,13H2,(H,30,34)(H,31,36)/b19-11+. The number of nitrogens with zero attached hydrogens (tertiary/aromatic N) is 2. The Morgan fingerprint density at radius 2 is 1.77 bits per heavy atom. The van der Waals surface area contributed by atoms with Gasteiger partial charge in [0.05, 0.1) is 16.2 Å². The van der Waals surface area contributed by atoms with Gasteiger partial charge in [-0.25, -0.2) is 14.1 Å². The minimum Gasteiger partial charge on any atom is -0.450 e. The van der Waals surface area contributed by atoms with Crippen LogP contribution in [0.1, 0.15) is 11.1 Å². The molecule has 1 aliphatic rings. The molecule has 10 nitrogen and oxygen atoms in total. The molecule has 4 amide bonds. The Bertz CT molecular complexity index is 1510. The summed E-state index contributed by atoms with van der Waals surface area (Å²) in [4.78, 5) is 47.9. The second kappa shape index (κ2) is 10.6. The molecule has 0 radical (unpaired) electrons. The zero-order valence-corrected chi connectivity index (χ0v) is 19.5. The maximum absolute atomic E-state index is 13.7. The highest BCUT2D eigenvalue weighted by molar-refractivity contribution is 6.15. The zero-order valence-electron chi connectivity index (χ0n) is 19.5. The normalized spacial score (nSPS) is 14.4. The van der Waals surface area contributed by atoms with Gasteiger partial charge in [0.15, 0.2) is 0 Å². The van der Waals surface area contributed by atoms with Gasteiger partial charge in [0, 0.05) is 6.07 Å². The van der Waals surface area contributed by atoms with E-state index in [1.807, 2.05) is 0 Å². The minimum atomic E-state index is -4.77. The molecule has 0 aromatic heterocycles. The first-order chi connectivity index (χ1) is 18.4. The second-order valence-electron chi connectivity index (χ2n) is 8.02. The molecular weight excluding hydrogens is 528 g/mol. The zero-order chi connectivity index (χ0) is 28.3. The summed E-state index contributed by atoms with van der Waals surface area (Å²) in [6.07, 6.45) is -3.48. The van der Waals surface area contributed by atoms with Crippen molar-refractivity contribution in [3.8, 4) is 11.5 Å². The van der Waals surface area contributed by atoms with Crippen molar-refractivity contribution in [2.45, 2.75) is 6.18 Å². The van der Waals surface area contributed by atoms with Crippen LogP contribution in [0.4, 0.5) is 33.7 Å². The van der Waals surface area contributed by atoms with Gasteiger partial charge in [-0.05, 0) is 48.0 Å². The van der Waals surface area contributed by atoms with Gasteiger partial charge in [-0.15, -0.1) is 0 Å². The predicted molar refractivity (Wildman–Crippen MR) is 128 cm³/mol. The quantitative estimate of drug-likeness (QED) is 0.140. The van der Waals surface area contributed by atoms with Crippen LogP contribution >= 0.6 is 0 Å². The molecule has 1 saturated heterocycles. The monoisotopic (exact) mass is 544 g/mol. The number of carbonyl (C=O) groups excluding carboxylic acids is 3. The van der Waals surface area contributed by atoms with Crippen molar-refractivity contribution in [3.63, 3.8) is 0 Å². The van der Waals surface area contributed by atoms with Gasteiger partial charge < -0.3 is 15.4 Å². The number of carbonyl (C=O) groups is 3. The Labute approximate surface area is 216 Å². The summed E-state index contributed by atoms with van der Waals surface area (Å²) >= 11 is 0. The van der Waals surface area contributed by atoms with Gasteiger partial charge in [-0.2, -0.15) is 13.2 Å². The molecule has 0 saturated carbocycles. The average molecular weight is 544 g/mol. The molecule has 0 bridgehead atoms. The number of rotatable bonds is 7. The van der Waals surface area contributed by atoms with E-state index in [0.29, 0.717) is 22.6 Å². The highest BCUT2D eigenvalue weighted by atomic mass is 19.4. The van der Waals surface area contributed by atoms with E-state index in [1.165, 1.54) is 48.5 Å². The van der Waals surface area contributed by atoms with Gasteiger partial charge >= 0.3 is 17.9 Å². The first kappa shape index (κ1) is 26.8. The molecule has 1 fully saturated rings. The first-order valence-corrected chi connectivity index (χ1v) is 10.9. The number of alkyl halides is 3. The highest BCUT2D eigenvalue weighted by Crippen LogP contribution is 2.37. The molecule has 0 unspecified atom stereocenters. The van der Waals surface area contributed by atoms with Crippen LogP contribution in [0, 0.1) is 15.9 Å². The Morgan fingerprint density at radius 3 is 2.41 bits per heavy atom. The van der Waals surface area contributed by atoms with E-state index >= 15 is 0 Å². The lowest BCUT2D eigenvalue weighted by atomic mass is 10.1. The smallest absolute Gasteiger partial charge is 0.416 e. The Hall–Kier alpha value is -5.27. The first-order valence-electron chi connectivity index (χ1n) is 10.9. The molecule has 1 aliphatic heterocycles. The largest absolute Gasteiger partial charge is 0.450 e. The number of anilines is 1. The molecule has 2 N–H and O–H groups in total. The fraction of sp³-hybridized carbons (Fsp3) is 0.0800. The number of benzene rings is 3. The third kappa shape index (κ3) is 6.18. The summed E-state index contributed by atoms with van der Waals surface area (Å²) in [5.74, 6) is -2.67. The molecule has 1 heterocycles. The van der Waals surface area contributed by atoms with E-state index < -0.39 is 58.3 Å². The lowest BCUT2D eigenvalue weighted by molar-refractivity contribution is -0.385. The summed E-state index contributed by atoms with van der Waals surface area (Å²) < 4.78 is 57.8. The Morgan fingerprint density at radius 1 is 1.08 bits per heavy atom. The Balaban J connectivity index is 1.44. The predicted octanol–water partition coefficient (Wildman–Crippen LogP) is 5.08. The van der Waals surface area contributed by atoms with Gasteiger partial charge in [0.25, 0.3) is 5.91 Å². The number of urea groups is 1. The molecule has 39 heavy (non-hydrogen) atoms. The van der Waals surface area contributed by atoms with Crippen molar-refractivity contribution in [2.24, 2.45) is 0 Å². The SMILES string of the molecule is O=C(CN1C(=O)N/C(=C/c2ccc(Oc3ccc(C(F)(F)F)cc3[N+](=O)[O-])cc2)C1=O)Nc1ccccc1F. The molecule has 4 rings (SSSR count). The van der Waals surface area contributed by atoms with E-state index in [1.54, 1.807) is 0 Å². The van der Waals surface area contributed by atoms with E-state index in [-0.39, 0.29) is 17.1 Å². The summed E-state index contributed by atoms with van der Waals surface area (Å²) in [6.45, 7) is -0.672. The van der Waals surface area contributed by atoms with Gasteiger partial charge in [0.1, 0.15) is 23.8 Å². The van der Waals surface area contributed by atoms with Gasteiger partial charge in [-0.1, -0.05) is 24.3 Å². The minimum absolute atomic E-state index is 0.0493. The van der Waals surface area contributed by atoms with Gasteiger partial charge in [-0.3, -0.25) is 19.7 Å². The number of amides is 4. The third-order valence-corrected chi connectivity index (χ3v) is 5.31. The molecule has 3 aromatic rings. The molecule has 3 aromatic carbocycles. The number of para-hydroxylation sites is 1. The number of halogens is 4. The molecule has 0 atom stereocenters. The number of hydrogen-bond acceptors (Lipinski definition) is 6. The van der Waals surface area contributed by atoms with E-state index in [0.717, 1.165) is 12.1 Å². The number of nitro benzene ring substituents is 1. The summed E-state index contributed by atoms with van der Waals surface area (Å²) in [5.41, 5.74) is -1.98. The van der Waals surface area contributed by atoms with Crippen LogP contribution in [0.15, 0.2) is 72.4 Å². The maximum atomic E-state index is 13.7. The summed E-state index contributed by atoms with van der Waals surface area (Å²) in [6, 6.07) is 11.9. The van der Waals surface area contributed by atoms with Crippen LogP contribution < -0.4 is 15.4 Å². The summed E-state index contributed by atoms with van der Waals surface area (Å²) in [5, 5.41) is 15.8. The fourth-order valence-electron chi connectivity index (χ4n) is 3.46. The number of imide groups is 1.